The zero-order valence-corrected chi connectivity index (χ0v) is 15.8. The zero-order chi connectivity index (χ0) is 16.8. The third-order valence-corrected chi connectivity index (χ3v) is 4.06. The summed E-state index contributed by atoms with van der Waals surface area (Å²) in [6, 6.07) is 5.72. The number of nitrogens with one attached hydrogen (secondary N) is 1. The molecule has 1 aliphatic rings. The molecular formula is C18H29ClN2O3. The van der Waals surface area contributed by atoms with E-state index >= 15 is 0 Å². The predicted molar refractivity (Wildman–Crippen MR) is 98.6 cm³/mol. The highest BCUT2D eigenvalue weighted by Gasteiger charge is 2.29. The molecule has 0 aliphatic carbocycles. The summed E-state index contributed by atoms with van der Waals surface area (Å²) in [5, 5.41) is 3.17. The molecule has 0 radical (unpaired) electrons. The van der Waals surface area contributed by atoms with Crippen molar-refractivity contribution in [3.63, 3.8) is 0 Å². The average molecular weight is 357 g/mol. The fourth-order valence-electron chi connectivity index (χ4n) is 2.89. The lowest BCUT2D eigenvalue weighted by atomic mass is 10.1. The average Bonchev–Trinajstić information content (AvgIpc) is 3.00. The van der Waals surface area contributed by atoms with Gasteiger partial charge in [-0.3, -0.25) is 4.79 Å². The maximum Gasteiger partial charge on any atom is 0.254 e. The van der Waals surface area contributed by atoms with Crippen LogP contribution >= 0.6 is 12.4 Å². The third kappa shape index (κ3) is 5.02. The van der Waals surface area contributed by atoms with Crippen LogP contribution in [0.15, 0.2) is 18.2 Å². The van der Waals surface area contributed by atoms with Crippen molar-refractivity contribution >= 4 is 18.3 Å². The molecule has 6 heteroatoms. The molecule has 0 spiro atoms. The molecule has 1 aromatic carbocycles. The monoisotopic (exact) mass is 356 g/mol. The highest BCUT2D eigenvalue weighted by Crippen LogP contribution is 2.30. The van der Waals surface area contributed by atoms with Crippen LogP contribution in [-0.2, 0) is 0 Å². The molecule has 1 N–H and O–H groups in total. The summed E-state index contributed by atoms with van der Waals surface area (Å²) in [5.74, 6) is 1.80. The van der Waals surface area contributed by atoms with Crippen molar-refractivity contribution in [1.82, 2.24) is 10.2 Å². The largest absolute Gasteiger partial charge is 0.493 e. The SMILES string of the molecule is CNCC1CCCN1C(=O)c1ccc(OCC(C)C)c(OC)c1.Cl. The topological polar surface area (TPSA) is 50.8 Å². The molecule has 24 heavy (non-hydrogen) atoms. The molecule has 2 rings (SSSR count). The minimum absolute atomic E-state index is 0. The van der Waals surface area contributed by atoms with Gasteiger partial charge in [0.15, 0.2) is 11.5 Å². The summed E-state index contributed by atoms with van der Waals surface area (Å²) in [6.07, 6.45) is 2.12. The van der Waals surface area contributed by atoms with Gasteiger partial charge in [0.25, 0.3) is 5.91 Å². The van der Waals surface area contributed by atoms with Gasteiger partial charge < -0.3 is 19.7 Å². The number of methoxy groups -OCH3 is 1. The first kappa shape index (κ1) is 20.6. The maximum atomic E-state index is 12.8. The number of halogens is 1. The van der Waals surface area contributed by atoms with Gasteiger partial charge in [-0.25, -0.2) is 0 Å². The number of benzene rings is 1. The number of hydrogen-bond acceptors (Lipinski definition) is 4. The number of carbonyl (C=O) groups is 1. The van der Waals surface area contributed by atoms with E-state index in [1.165, 1.54) is 0 Å². The van der Waals surface area contributed by atoms with E-state index in [1.54, 1.807) is 13.2 Å². The summed E-state index contributed by atoms with van der Waals surface area (Å²) in [5.41, 5.74) is 0.654. The van der Waals surface area contributed by atoms with Crippen LogP contribution in [0.2, 0.25) is 0 Å². The summed E-state index contributed by atoms with van der Waals surface area (Å²) >= 11 is 0. The van der Waals surface area contributed by atoms with Gasteiger partial charge in [-0.05, 0) is 44.0 Å². The number of rotatable bonds is 7. The van der Waals surface area contributed by atoms with Crippen LogP contribution in [0.25, 0.3) is 0 Å². The second kappa shape index (κ2) is 9.74. The molecule has 0 saturated carbocycles. The summed E-state index contributed by atoms with van der Waals surface area (Å²) in [6.45, 7) is 6.47. The molecule has 1 heterocycles. The second-order valence-corrected chi connectivity index (χ2v) is 6.42. The van der Waals surface area contributed by atoms with Gasteiger partial charge >= 0.3 is 0 Å². The van der Waals surface area contributed by atoms with Crippen LogP contribution in [0.4, 0.5) is 0 Å². The highest BCUT2D eigenvalue weighted by molar-refractivity contribution is 5.95. The molecule has 1 atom stereocenters. The van der Waals surface area contributed by atoms with Gasteiger partial charge in [0.2, 0.25) is 0 Å². The van der Waals surface area contributed by atoms with Crippen molar-refractivity contribution in [2.75, 3.05) is 33.9 Å². The molecule has 1 aromatic rings. The van der Waals surface area contributed by atoms with Crippen LogP contribution in [0.5, 0.6) is 11.5 Å². The van der Waals surface area contributed by atoms with Gasteiger partial charge in [0.1, 0.15) is 0 Å². The Labute approximate surface area is 151 Å². The van der Waals surface area contributed by atoms with E-state index in [1.807, 2.05) is 24.1 Å². The quantitative estimate of drug-likeness (QED) is 0.816. The van der Waals surface area contributed by atoms with E-state index in [9.17, 15) is 4.79 Å². The summed E-state index contributed by atoms with van der Waals surface area (Å²) in [4.78, 5) is 14.7. The predicted octanol–water partition coefficient (Wildman–Crippen LogP) is 2.98. The molecule has 5 nitrogen and oxygen atoms in total. The fourth-order valence-corrected chi connectivity index (χ4v) is 2.89. The van der Waals surface area contributed by atoms with Crippen molar-refractivity contribution in [2.45, 2.75) is 32.7 Å². The second-order valence-electron chi connectivity index (χ2n) is 6.42. The van der Waals surface area contributed by atoms with Crippen LogP contribution in [0.1, 0.15) is 37.0 Å². The Kier molecular flexibility index (Phi) is 8.36. The Bertz CT molecular complexity index is 537. The first-order valence-corrected chi connectivity index (χ1v) is 8.33. The lowest BCUT2D eigenvalue weighted by Gasteiger charge is -2.25. The Morgan fingerprint density at radius 2 is 2.12 bits per heavy atom. The number of carbonyl (C=O) groups excluding carboxylic acids is 1. The number of hydrogen-bond donors (Lipinski definition) is 1. The van der Waals surface area contributed by atoms with Gasteiger partial charge in [-0.15, -0.1) is 12.4 Å². The van der Waals surface area contributed by atoms with Crippen molar-refractivity contribution in [2.24, 2.45) is 5.92 Å². The van der Waals surface area contributed by atoms with Crippen LogP contribution in [0, 0.1) is 5.92 Å². The molecular weight excluding hydrogens is 328 g/mol. The fraction of sp³-hybridized carbons (Fsp3) is 0.611. The first-order valence-electron chi connectivity index (χ1n) is 8.33. The third-order valence-electron chi connectivity index (χ3n) is 4.06. The smallest absolute Gasteiger partial charge is 0.254 e. The van der Waals surface area contributed by atoms with Crippen LogP contribution in [0.3, 0.4) is 0 Å². The van der Waals surface area contributed by atoms with E-state index in [4.69, 9.17) is 9.47 Å². The zero-order valence-electron chi connectivity index (χ0n) is 15.0. The van der Waals surface area contributed by atoms with E-state index in [0.29, 0.717) is 29.6 Å². The number of likely N-dealkylation sites (tertiary alicyclic amines) is 1. The van der Waals surface area contributed by atoms with Crippen molar-refractivity contribution in [1.29, 1.82) is 0 Å². The number of likely N-dealkylation sites (N-methyl/N-ethyl adjacent to an activating group) is 1. The van der Waals surface area contributed by atoms with Crippen LogP contribution < -0.4 is 14.8 Å². The minimum atomic E-state index is 0. The Balaban J connectivity index is 0.00000288. The summed E-state index contributed by atoms with van der Waals surface area (Å²) in [7, 11) is 3.52. The Morgan fingerprint density at radius 3 is 2.75 bits per heavy atom. The van der Waals surface area contributed by atoms with E-state index < -0.39 is 0 Å². The van der Waals surface area contributed by atoms with E-state index in [0.717, 1.165) is 25.9 Å². The van der Waals surface area contributed by atoms with Crippen molar-refractivity contribution in [3.05, 3.63) is 23.8 Å². The van der Waals surface area contributed by atoms with Crippen molar-refractivity contribution < 1.29 is 14.3 Å². The lowest BCUT2D eigenvalue weighted by molar-refractivity contribution is 0.0736. The van der Waals surface area contributed by atoms with Crippen molar-refractivity contribution in [3.8, 4) is 11.5 Å². The molecule has 0 bridgehead atoms. The minimum Gasteiger partial charge on any atom is -0.493 e. The van der Waals surface area contributed by atoms with Gasteiger partial charge in [-0.2, -0.15) is 0 Å². The molecule has 0 aromatic heterocycles. The van der Waals surface area contributed by atoms with Gasteiger partial charge in [0, 0.05) is 24.7 Å². The van der Waals surface area contributed by atoms with E-state index in [-0.39, 0.29) is 24.4 Å². The normalized spacial score (nSPS) is 16.9. The molecule has 1 amide bonds. The standard InChI is InChI=1S/C18H28N2O3.ClH/c1-13(2)12-23-16-8-7-14(10-17(16)22-4)18(21)20-9-5-6-15(20)11-19-3;/h7-8,10,13,15,19H,5-6,9,11-12H2,1-4H3;1H. The Hall–Kier alpha value is -1.46. The lowest BCUT2D eigenvalue weighted by Crippen LogP contribution is -2.40. The van der Waals surface area contributed by atoms with Crippen LogP contribution in [-0.4, -0.2) is 50.7 Å². The molecule has 136 valence electrons. The number of amides is 1. The number of nitrogens with zero attached hydrogens (tertiary/aromatic N) is 1. The summed E-state index contributed by atoms with van der Waals surface area (Å²) < 4.78 is 11.1. The Morgan fingerprint density at radius 1 is 1.38 bits per heavy atom. The molecule has 1 aliphatic heterocycles. The van der Waals surface area contributed by atoms with Gasteiger partial charge in [-0.1, -0.05) is 13.8 Å². The molecule has 1 unspecified atom stereocenters. The highest BCUT2D eigenvalue weighted by atomic mass is 35.5. The maximum absolute atomic E-state index is 12.8. The molecule has 1 fully saturated rings. The van der Waals surface area contributed by atoms with Gasteiger partial charge in [0.05, 0.1) is 13.7 Å². The first-order chi connectivity index (χ1) is 11.1. The molecule has 1 saturated heterocycles. The number of ether oxygens (including phenoxy) is 2. The van der Waals surface area contributed by atoms with E-state index in [2.05, 4.69) is 19.2 Å².